The molecule has 1 aromatic carbocycles. The van der Waals surface area contributed by atoms with Gasteiger partial charge in [-0.3, -0.25) is 0 Å². The van der Waals surface area contributed by atoms with Crippen molar-refractivity contribution >= 4 is 17.1 Å². The molecule has 3 aromatic rings. The lowest BCUT2D eigenvalue weighted by atomic mass is 10.1. The summed E-state index contributed by atoms with van der Waals surface area (Å²) in [4.78, 5) is 16.7. The number of pyridine rings is 1. The molecule has 0 atom stereocenters. The van der Waals surface area contributed by atoms with Gasteiger partial charge in [0.15, 0.2) is 0 Å². The van der Waals surface area contributed by atoms with Crippen molar-refractivity contribution in [2.24, 2.45) is 0 Å². The Balaban J connectivity index is 2.20. The Kier molecular flexibility index (Phi) is 3.63. The molecule has 0 bridgehead atoms. The Labute approximate surface area is 127 Å². The summed E-state index contributed by atoms with van der Waals surface area (Å²) in [5.74, 6) is -0.325. The van der Waals surface area contributed by atoms with E-state index in [2.05, 4.69) is 4.98 Å². The second-order valence-electron chi connectivity index (χ2n) is 5.22. The standard InChI is InChI=1S/C17H15FN2O2/c1-11(2)22-17(21)20-15(12-5-7-14(18)8-6-12)10-13-4-3-9-19-16(13)20/h3-11H,1-2H3. The molecule has 0 saturated carbocycles. The maximum atomic E-state index is 13.1. The number of aromatic nitrogens is 2. The normalized spacial score (nSPS) is 11.1. The molecule has 0 saturated heterocycles. The summed E-state index contributed by atoms with van der Waals surface area (Å²) < 4.78 is 19.8. The number of halogens is 1. The van der Waals surface area contributed by atoms with E-state index in [1.807, 2.05) is 12.1 Å². The molecule has 112 valence electrons. The van der Waals surface area contributed by atoms with E-state index in [0.29, 0.717) is 11.3 Å². The minimum atomic E-state index is -0.497. The molecule has 0 radical (unpaired) electrons. The van der Waals surface area contributed by atoms with Gasteiger partial charge in [0.25, 0.3) is 0 Å². The fourth-order valence-corrected chi connectivity index (χ4v) is 2.31. The molecule has 0 amide bonds. The van der Waals surface area contributed by atoms with Crippen molar-refractivity contribution in [1.29, 1.82) is 0 Å². The zero-order valence-corrected chi connectivity index (χ0v) is 12.3. The molecule has 2 aromatic heterocycles. The zero-order chi connectivity index (χ0) is 15.7. The number of fused-ring (bicyclic) bond motifs is 1. The minimum absolute atomic E-state index is 0.241. The van der Waals surface area contributed by atoms with Crippen LogP contribution in [0.25, 0.3) is 22.3 Å². The van der Waals surface area contributed by atoms with Crippen LogP contribution in [-0.4, -0.2) is 21.7 Å². The molecule has 0 aliphatic heterocycles. The monoisotopic (exact) mass is 298 g/mol. The second kappa shape index (κ2) is 5.60. The van der Waals surface area contributed by atoms with E-state index >= 15 is 0 Å². The molecule has 22 heavy (non-hydrogen) atoms. The van der Waals surface area contributed by atoms with Crippen LogP contribution in [0.2, 0.25) is 0 Å². The van der Waals surface area contributed by atoms with Gasteiger partial charge in [-0.1, -0.05) is 0 Å². The molecule has 2 heterocycles. The van der Waals surface area contributed by atoms with Crippen LogP contribution in [0.1, 0.15) is 13.8 Å². The van der Waals surface area contributed by atoms with E-state index in [1.54, 1.807) is 38.2 Å². The number of carbonyl (C=O) groups is 1. The number of carbonyl (C=O) groups excluding carboxylic acids is 1. The number of ether oxygens (including phenoxy) is 1. The molecule has 3 rings (SSSR count). The summed E-state index contributed by atoms with van der Waals surface area (Å²) in [5, 5.41) is 0.822. The molecule has 0 N–H and O–H groups in total. The molecule has 0 unspecified atom stereocenters. The van der Waals surface area contributed by atoms with Gasteiger partial charge < -0.3 is 4.74 Å². The number of benzene rings is 1. The van der Waals surface area contributed by atoms with Crippen molar-refractivity contribution < 1.29 is 13.9 Å². The van der Waals surface area contributed by atoms with Crippen molar-refractivity contribution in [3.63, 3.8) is 0 Å². The molecule has 0 aliphatic rings. The first kappa shape index (κ1) is 14.3. The summed E-state index contributed by atoms with van der Waals surface area (Å²) in [6.45, 7) is 3.57. The first-order valence-corrected chi connectivity index (χ1v) is 6.99. The number of hydrogen-bond donors (Lipinski definition) is 0. The highest BCUT2D eigenvalue weighted by Crippen LogP contribution is 2.27. The largest absolute Gasteiger partial charge is 0.446 e. The third-order valence-corrected chi connectivity index (χ3v) is 3.22. The van der Waals surface area contributed by atoms with E-state index in [-0.39, 0.29) is 11.9 Å². The van der Waals surface area contributed by atoms with E-state index in [9.17, 15) is 9.18 Å². The van der Waals surface area contributed by atoms with Crippen LogP contribution in [-0.2, 0) is 4.74 Å². The van der Waals surface area contributed by atoms with Gasteiger partial charge in [0.1, 0.15) is 11.5 Å². The zero-order valence-electron chi connectivity index (χ0n) is 12.3. The minimum Gasteiger partial charge on any atom is -0.446 e. The third kappa shape index (κ3) is 2.57. The average molecular weight is 298 g/mol. The van der Waals surface area contributed by atoms with Crippen LogP contribution in [0.3, 0.4) is 0 Å². The van der Waals surface area contributed by atoms with Gasteiger partial charge in [0.05, 0.1) is 11.8 Å². The van der Waals surface area contributed by atoms with Crippen molar-refractivity contribution in [3.8, 4) is 11.3 Å². The second-order valence-corrected chi connectivity index (χ2v) is 5.22. The van der Waals surface area contributed by atoms with Crippen LogP contribution >= 0.6 is 0 Å². The lowest BCUT2D eigenvalue weighted by Gasteiger charge is -2.12. The SMILES string of the molecule is CC(C)OC(=O)n1c(-c2ccc(F)cc2)cc2cccnc21. The van der Waals surface area contributed by atoms with E-state index in [1.165, 1.54) is 16.7 Å². The summed E-state index contributed by atoms with van der Waals surface area (Å²) in [5.41, 5.74) is 1.87. The lowest BCUT2D eigenvalue weighted by molar-refractivity contribution is 0.118. The highest BCUT2D eigenvalue weighted by molar-refractivity contribution is 5.94. The van der Waals surface area contributed by atoms with Gasteiger partial charge in [0.2, 0.25) is 0 Å². The summed E-state index contributed by atoms with van der Waals surface area (Å²) in [7, 11) is 0. The molecule has 4 nitrogen and oxygen atoms in total. The van der Waals surface area contributed by atoms with Crippen LogP contribution in [0.4, 0.5) is 9.18 Å². The maximum absolute atomic E-state index is 13.1. The number of hydrogen-bond acceptors (Lipinski definition) is 3. The molecular formula is C17H15FN2O2. The molecule has 0 fully saturated rings. The predicted octanol–water partition coefficient (Wildman–Crippen LogP) is 4.24. The van der Waals surface area contributed by atoms with Crippen LogP contribution in [0.15, 0.2) is 48.7 Å². The Hall–Kier alpha value is -2.69. The van der Waals surface area contributed by atoms with Gasteiger partial charge >= 0.3 is 6.09 Å². The van der Waals surface area contributed by atoms with Crippen molar-refractivity contribution in [3.05, 3.63) is 54.5 Å². The Morgan fingerprint density at radius 3 is 2.64 bits per heavy atom. The number of rotatable bonds is 2. The number of nitrogens with zero attached hydrogens (tertiary/aromatic N) is 2. The molecule has 0 spiro atoms. The fraction of sp³-hybridized carbons (Fsp3) is 0.176. The first-order chi connectivity index (χ1) is 10.6. The van der Waals surface area contributed by atoms with Crippen LogP contribution in [0.5, 0.6) is 0 Å². The fourth-order valence-electron chi connectivity index (χ4n) is 2.31. The summed E-state index contributed by atoms with van der Waals surface area (Å²) in [6, 6.07) is 11.5. The summed E-state index contributed by atoms with van der Waals surface area (Å²) in [6.07, 6.45) is 0.883. The van der Waals surface area contributed by atoms with Gasteiger partial charge in [0, 0.05) is 11.6 Å². The summed E-state index contributed by atoms with van der Waals surface area (Å²) >= 11 is 0. The van der Waals surface area contributed by atoms with E-state index in [4.69, 9.17) is 4.74 Å². The lowest BCUT2D eigenvalue weighted by Crippen LogP contribution is -2.19. The topological polar surface area (TPSA) is 44.1 Å². The quantitative estimate of drug-likeness (QED) is 0.711. The Morgan fingerprint density at radius 1 is 1.23 bits per heavy atom. The van der Waals surface area contributed by atoms with E-state index < -0.39 is 6.09 Å². The predicted molar refractivity (Wildman–Crippen MR) is 82.1 cm³/mol. The third-order valence-electron chi connectivity index (χ3n) is 3.22. The average Bonchev–Trinajstić information content (AvgIpc) is 2.86. The van der Waals surface area contributed by atoms with Gasteiger partial charge in [-0.25, -0.2) is 18.7 Å². The Bertz CT molecular complexity index is 822. The van der Waals surface area contributed by atoms with Gasteiger partial charge in [-0.05, 0) is 61.9 Å². The molecular weight excluding hydrogens is 283 g/mol. The van der Waals surface area contributed by atoms with E-state index in [0.717, 1.165) is 10.9 Å². The smallest absolute Gasteiger partial charge is 0.420 e. The Morgan fingerprint density at radius 2 is 1.95 bits per heavy atom. The molecule has 5 heteroatoms. The highest BCUT2D eigenvalue weighted by Gasteiger charge is 2.19. The van der Waals surface area contributed by atoms with Crippen molar-refractivity contribution in [2.45, 2.75) is 20.0 Å². The van der Waals surface area contributed by atoms with Crippen molar-refractivity contribution in [2.75, 3.05) is 0 Å². The molecule has 0 aliphatic carbocycles. The first-order valence-electron chi connectivity index (χ1n) is 6.99. The highest BCUT2D eigenvalue weighted by atomic mass is 19.1. The van der Waals surface area contributed by atoms with Gasteiger partial charge in [-0.2, -0.15) is 0 Å². The van der Waals surface area contributed by atoms with Crippen LogP contribution in [0, 0.1) is 5.82 Å². The van der Waals surface area contributed by atoms with Crippen LogP contribution < -0.4 is 0 Å². The van der Waals surface area contributed by atoms with Gasteiger partial charge in [-0.15, -0.1) is 0 Å². The maximum Gasteiger partial charge on any atom is 0.420 e. The van der Waals surface area contributed by atoms with Crippen molar-refractivity contribution in [1.82, 2.24) is 9.55 Å².